The molecule has 0 bridgehead atoms. The third-order valence-electron chi connectivity index (χ3n) is 1.82. The van der Waals surface area contributed by atoms with Crippen molar-refractivity contribution in [3.05, 3.63) is 0 Å². The van der Waals surface area contributed by atoms with Gasteiger partial charge in [-0.15, -0.1) is 0 Å². The van der Waals surface area contributed by atoms with Crippen molar-refractivity contribution in [1.29, 1.82) is 0 Å². The Hall–Kier alpha value is -0.780. The second kappa shape index (κ2) is 5.19. The highest BCUT2D eigenvalue weighted by Gasteiger charge is 2.33. The standard InChI is InChI=1S/C8H15F3N2O/c1-3-6(12)7(14)13(4-2)5-8(9,10)11/h6H,3-5,12H2,1-2H3/t6-/m1/s1. The Kier molecular flexibility index (Phi) is 4.90. The predicted octanol–water partition coefficient (Wildman–Crippen LogP) is 1.13. The van der Waals surface area contributed by atoms with Crippen LogP contribution in [0.4, 0.5) is 13.2 Å². The minimum atomic E-state index is -4.36. The van der Waals surface area contributed by atoms with Crippen molar-refractivity contribution < 1.29 is 18.0 Å². The van der Waals surface area contributed by atoms with Gasteiger partial charge in [0.25, 0.3) is 0 Å². The first-order chi connectivity index (χ1) is 6.31. The molecule has 1 atom stereocenters. The summed E-state index contributed by atoms with van der Waals surface area (Å²) in [6.07, 6.45) is -4.02. The number of likely N-dealkylation sites (N-methyl/N-ethyl adjacent to an activating group) is 1. The minimum absolute atomic E-state index is 0.0199. The van der Waals surface area contributed by atoms with Gasteiger partial charge in [-0.1, -0.05) is 6.92 Å². The second-order valence-electron chi connectivity index (χ2n) is 2.98. The topological polar surface area (TPSA) is 46.3 Å². The molecule has 0 saturated heterocycles. The predicted molar refractivity (Wildman–Crippen MR) is 46.6 cm³/mol. The second-order valence-corrected chi connectivity index (χ2v) is 2.98. The van der Waals surface area contributed by atoms with Crippen LogP contribution in [-0.4, -0.2) is 36.1 Å². The molecule has 6 heteroatoms. The van der Waals surface area contributed by atoms with Crippen LogP contribution in [0.25, 0.3) is 0 Å². The van der Waals surface area contributed by atoms with Gasteiger partial charge >= 0.3 is 6.18 Å². The van der Waals surface area contributed by atoms with Crippen LogP contribution in [0.3, 0.4) is 0 Å². The highest BCUT2D eigenvalue weighted by molar-refractivity contribution is 5.81. The molecule has 1 amide bonds. The lowest BCUT2D eigenvalue weighted by atomic mass is 10.2. The number of alkyl halides is 3. The molecule has 0 radical (unpaired) electrons. The summed E-state index contributed by atoms with van der Waals surface area (Å²) < 4.78 is 36.0. The van der Waals surface area contributed by atoms with E-state index in [0.29, 0.717) is 11.3 Å². The third kappa shape index (κ3) is 4.45. The van der Waals surface area contributed by atoms with E-state index in [1.165, 1.54) is 6.92 Å². The number of carbonyl (C=O) groups excluding carboxylic acids is 1. The summed E-state index contributed by atoms with van der Waals surface area (Å²) in [5.41, 5.74) is 5.35. The maximum Gasteiger partial charge on any atom is 0.406 e. The minimum Gasteiger partial charge on any atom is -0.333 e. The molecule has 0 saturated carbocycles. The van der Waals surface area contributed by atoms with Crippen molar-refractivity contribution >= 4 is 5.91 Å². The number of rotatable bonds is 4. The highest BCUT2D eigenvalue weighted by Crippen LogP contribution is 2.16. The normalized spacial score (nSPS) is 13.9. The summed E-state index contributed by atoms with van der Waals surface area (Å²) in [6.45, 7) is 1.94. The molecule has 0 fully saturated rings. The largest absolute Gasteiger partial charge is 0.406 e. The number of hydrogen-bond donors (Lipinski definition) is 1. The van der Waals surface area contributed by atoms with Crippen molar-refractivity contribution in [3.8, 4) is 0 Å². The van der Waals surface area contributed by atoms with Crippen molar-refractivity contribution in [2.24, 2.45) is 5.73 Å². The Morgan fingerprint density at radius 2 is 1.93 bits per heavy atom. The molecule has 0 aliphatic rings. The Balaban J connectivity index is 4.34. The molecule has 0 rings (SSSR count). The van der Waals surface area contributed by atoms with E-state index >= 15 is 0 Å². The number of carbonyl (C=O) groups is 1. The maximum absolute atomic E-state index is 12.0. The zero-order chi connectivity index (χ0) is 11.4. The first-order valence-electron chi connectivity index (χ1n) is 4.43. The van der Waals surface area contributed by atoms with Gasteiger partial charge < -0.3 is 10.6 Å². The van der Waals surface area contributed by atoms with E-state index in [1.54, 1.807) is 6.92 Å². The number of nitrogens with two attached hydrogens (primary N) is 1. The van der Waals surface area contributed by atoms with Gasteiger partial charge in [-0.2, -0.15) is 13.2 Å². The zero-order valence-corrected chi connectivity index (χ0v) is 8.27. The first-order valence-corrected chi connectivity index (χ1v) is 4.43. The lowest BCUT2D eigenvalue weighted by Crippen LogP contribution is -2.47. The number of nitrogens with zero attached hydrogens (tertiary/aromatic N) is 1. The molecule has 0 aliphatic carbocycles. The van der Waals surface area contributed by atoms with E-state index in [9.17, 15) is 18.0 Å². The van der Waals surface area contributed by atoms with Crippen LogP contribution in [0.2, 0.25) is 0 Å². The molecule has 2 N–H and O–H groups in total. The molecular formula is C8H15F3N2O. The molecule has 3 nitrogen and oxygen atoms in total. The summed E-state index contributed by atoms with van der Waals surface area (Å²) in [7, 11) is 0. The molecule has 0 aliphatic heterocycles. The molecule has 84 valence electrons. The number of hydrogen-bond acceptors (Lipinski definition) is 2. The molecule has 0 aromatic rings. The van der Waals surface area contributed by atoms with Crippen LogP contribution in [0.15, 0.2) is 0 Å². The summed E-state index contributed by atoms with van der Waals surface area (Å²) in [5, 5.41) is 0. The average Bonchev–Trinajstić information content (AvgIpc) is 2.10. The molecular weight excluding hydrogens is 197 g/mol. The van der Waals surface area contributed by atoms with Gasteiger partial charge in [-0.05, 0) is 13.3 Å². The van der Waals surface area contributed by atoms with Crippen molar-refractivity contribution in [2.45, 2.75) is 32.5 Å². The fourth-order valence-corrected chi connectivity index (χ4v) is 0.971. The van der Waals surface area contributed by atoms with Crippen molar-refractivity contribution in [1.82, 2.24) is 4.90 Å². The lowest BCUT2D eigenvalue weighted by Gasteiger charge is -2.24. The van der Waals surface area contributed by atoms with Crippen molar-refractivity contribution in [2.75, 3.05) is 13.1 Å². The maximum atomic E-state index is 12.0. The Morgan fingerprint density at radius 3 is 2.21 bits per heavy atom. The fraction of sp³-hybridized carbons (Fsp3) is 0.875. The third-order valence-corrected chi connectivity index (χ3v) is 1.82. The van der Waals surface area contributed by atoms with E-state index in [-0.39, 0.29) is 6.54 Å². The van der Waals surface area contributed by atoms with E-state index < -0.39 is 24.7 Å². The highest BCUT2D eigenvalue weighted by atomic mass is 19.4. The molecule has 0 aromatic carbocycles. The smallest absolute Gasteiger partial charge is 0.333 e. The lowest BCUT2D eigenvalue weighted by molar-refractivity contribution is -0.161. The van der Waals surface area contributed by atoms with Crippen LogP contribution >= 0.6 is 0 Å². The first kappa shape index (κ1) is 13.2. The van der Waals surface area contributed by atoms with Gasteiger partial charge in [-0.3, -0.25) is 4.79 Å². The number of halogens is 3. The van der Waals surface area contributed by atoms with E-state index in [0.717, 1.165) is 0 Å². The fourth-order valence-electron chi connectivity index (χ4n) is 0.971. The van der Waals surface area contributed by atoms with Gasteiger partial charge in [0.15, 0.2) is 0 Å². The molecule has 0 spiro atoms. The molecule has 0 aromatic heterocycles. The number of amides is 1. The van der Waals surface area contributed by atoms with Gasteiger partial charge in [0.05, 0.1) is 6.04 Å². The van der Waals surface area contributed by atoms with Gasteiger partial charge in [-0.25, -0.2) is 0 Å². The Bertz CT molecular complexity index is 194. The van der Waals surface area contributed by atoms with Crippen LogP contribution in [0.1, 0.15) is 20.3 Å². The van der Waals surface area contributed by atoms with Crippen LogP contribution in [0, 0.1) is 0 Å². The summed E-state index contributed by atoms with van der Waals surface area (Å²) in [4.78, 5) is 12.0. The monoisotopic (exact) mass is 212 g/mol. The summed E-state index contributed by atoms with van der Waals surface area (Å²) in [5.74, 6) is -0.646. The zero-order valence-electron chi connectivity index (χ0n) is 8.27. The molecule has 14 heavy (non-hydrogen) atoms. The van der Waals surface area contributed by atoms with Crippen LogP contribution in [-0.2, 0) is 4.79 Å². The SMILES string of the molecule is CC[C@@H](N)C(=O)N(CC)CC(F)(F)F. The van der Waals surface area contributed by atoms with Crippen LogP contribution < -0.4 is 5.73 Å². The molecule has 0 heterocycles. The quantitative estimate of drug-likeness (QED) is 0.759. The summed E-state index contributed by atoms with van der Waals surface area (Å²) in [6, 6.07) is -0.836. The Morgan fingerprint density at radius 1 is 1.43 bits per heavy atom. The van der Waals surface area contributed by atoms with Crippen LogP contribution in [0.5, 0.6) is 0 Å². The van der Waals surface area contributed by atoms with E-state index in [1.807, 2.05) is 0 Å². The Labute approximate surface area is 81.1 Å². The van der Waals surface area contributed by atoms with E-state index in [4.69, 9.17) is 5.73 Å². The van der Waals surface area contributed by atoms with Gasteiger partial charge in [0, 0.05) is 6.54 Å². The average molecular weight is 212 g/mol. The summed E-state index contributed by atoms with van der Waals surface area (Å²) >= 11 is 0. The van der Waals surface area contributed by atoms with Gasteiger partial charge in [0.1, 0.15) is 6.54 Å². The van der Waals surface area contributed by atoms with E-state index in [2.05, 4.69) is 0 Å². The molecule has 0 unspecified atom stereocenters. The van der Waals surface area contributed by atoms with Gasteiger partial charge in [0.2, 0.25) is 5.91 Å². The van der Waals surface area contributed by atoms with Crippen molar-refractivity contribution in [3.63, 3.8) is 0 Å².